The maximum absolute atomic E-state index is 12.2. The Bertz CT molecular complexity index is 509. The van der Waals surface area contributed by atoms with Crippen LogP contribution in [0.5, 0.6) is 5.75 Å². The van der Waals surface area contributed by atoms with Crippen molar-refractivity contribution in [1.29, 1.82) is 0 Å². The lowest BCUT2D eigenvalue weighted by atomic mass is 9.97. The Morgan fingerprint density at radius 2 is 1.84 bits per heavy atom. The van der Waals surface area contributed by atoms with Gasteiger partial charge in [0.15, 0.2) is 5.78 Å². The summed E-state index contributed by atoms with van der Waals surface area (Å²) in [6, 6.07) is 1.76. The van der Waals surface area contributed by atoms with Crippen molar-refractivity contribution < 1.29 is 19.1 Å². The zero-order valence-electron chi connectivity index (χ0n) is 11.5. The maximum atomic E-state index is 12.2. The first-order valence-corrected chi connectivity index (χ1v) is 6.23. The molecule has 0 unspecified atom stereocenters. The Labute approximate surface area is 117 Å². The highest BCUT2D eigenvalue weighted by Gasteiger charge is 2.20. The summed E-state index contributed by atoms with van der Waals surface area (Å²) in [7, 11) is 2.80. The zero-order valence-corrected chi connectivity index (χ0v) is 12.3. The first-order chi connectivity index (χ1) is 8.92. The Balaban J connectivity index is 3.11. The molecular weight excluding hydrogens is 268 g/mol. The molecule has 5 heteroatoms. The van der Waals surface area contributed by atoms with E-state index in [9.17, 15) is 9.59 Å². The van der Waals surface area contributed by atoms with Gasteiger partial charge in [-0.2, -0.15) is 0 Å². The van der Waals surface area contributed by atoms with Crippen molar-refractivity contribution in [3.63, 3.8) is 0 Å². The van der Waals surface area contributed by atoms with Gasteiger partial charge in [0.1, 0.15) is 5.75 Å². The number of Topliss-reactive ketones (excluding diaryl/α,β-unsaturated/α-hetero) is 1. The van der Waals surface area contributed by atoms with Crippen LogP contribution in [-0.4, -0.2) is 26.0 Å². The second-order valence-electron chi connectivity index (χ2n) is 4.21. The second kappa shape index (κ2) is 6.57. The molecule has 0 fully saturated rings. The number of hydrogen-bond acceptors (Lipinski definition) is 4. The third kappa shape index (κ3) is 3.47. The van der Waals surface area contributed by atoms with Gasteiger partial charge in [-0.15, -0.1) is 0 Å². The van der Waals surface area contributed by atoms with E-state index in [1.165, 1.54) is 14.2 Å². The number of halogens is 1. The molecule has 0 amide bonds. The first-order valence-electron chi connectivity index (χ1n) is 5.86. The van der Waals surface area contributed by atoms with Crippen molar-refractivity contribution in [2.24, 2.45) is 0 Å². The number of ketones is 1. The number of ether oxygens (including phenoxy) is 2. The molecule has 1 aromatic carbocycles. The van der Waals surface area contributed by atoms with E-state index in [0.717, 1.165) is 5.56 Å². The van der Waals surface area contributed by atoms with E-state index in [1.54, 1.807) is 13.0 Å². The summed E-state index contributed by atoms with van der Waals surface area (Å²) < 4.78 is 9.79. The van der Waals surface area contributed by atoms with Crippen molar-refractivity contribution in [2.45, 2.75) is 26.7 Å². The molecular formula is C14H17ClO4. The van der Waals surface area contributed by atoms with E-state index in [1.807, 2.05) is 6.92 Å². The van der Waals surface area contributed by atoms with Crippen LogP contribution in [0.1, 0.15) is 34.3 Å². The molecule has 0 aliphatic heterocycles. The number of carbonyl (C=O) groups excluding carboxylic acids is 2. The maximum Gasteiger partial charge on any atom is 0.305 e. The standard InChI is InChI=1S/C14H17ClO4/c1-8-7-10(15)9(2)13(14(8)19-4)11(16)5-6-12(17)18-3/h7H,5-6H2,1-4H3. The largest absolute Gasteiger partial charge is 0.496 e. The molecule has 104 valence electrons. The molecule has 0 radical (unpaired) electrons. The predicted molar refractivity (Wildman–Crippen MR) is 73.1 cm³/mol. The highest BCUT2D eigenvalue weighted by molar-refractivity contribution is 6.32. The fourth-order valence-corrected chi connectivity index (χ4v) is 2.15. The van der Waals surface area contributed by atoms with E-state index in [2.05, 4.69) is 4.74 Å². The molecule has 0 saturated heterocycles. The molecule has 0 heterocycles. The lowest BCUT2D eigenvalue weighted by molar-refractivity contribution is -0.140. The molecule has 0 saturated carbocycles. The molecule has 0 bridgehead atoms. The third-order valence-electron chi connectivity index (χ3n) is 2.93. The minimum Gasteiger partial charge on any atom is -0.496 e. The van der Waals surface area contributed by atoms with Gasteiger partial charge >= 0.3 is 5.97 Å². The van der Waals surface area contributed by atoms with Crippen molar-refractivity contribution >= 4 is 23.4 Å². The number of rotatable bonds is 5. The van der Waals surface area contributed by atoms with Crippen LogP contribution < -0.4 is 4.74 Å². The molecule has 0 spiro atoms. The summed E-state index contributed by atoms with van der Waals surface area (Å²) in [6.07, 6.45) is 0.118. The number of methoxy groups -OCH3 is 2. The van der Waals surface area contributed by atoms with Crippen molar-refractivity contribution in [2.75, 3.05) is 14.2 Å². The number of hydrogen-bond donors (Lipinski definition) is 0. The van der Waals surface area contributed by atoms with Crippen LogP contribution in [0.25, 0.3) is 0 Å². The quantitative estimate of drug-likeness (QED) is 0.616. The van der Waals surface area contributed by atoms with Crippen LogP contribution in [0.3, 0.4) is 0 Å². The number of benzene rings is 1. The summed E-state index contributed by atoms with van der Waals surface area (Å²) in [5, 5.41) is 0.514. The van der Waals surface area contributed by atoms with Crippen LogP contribution in [0, 0.1) is 13.8 Å². The van der Waals surface area contributed by atoms with Crippen molar-refractivity contribution in [3.8, 4) is 5.75 Å². The Morgan fingerprint density at radius 1 is 1.21 bits per heavy atom. The van der Waals surface area contributed by atoms with E-state index in [-0.39, 0.29) is 18.6 Å². The second-order valence-corrected chi connectivity index (χ2v) is 4.62. The smallest absolute Gasteiger partial charge is 0.305 e. The highest BCUT2D eigenvalue weighted by atomic mass is 35.5. The van der Waals surface area contributed by atoms with Crippen LogP contribution in [-0.2, 0) is 9.53 Å². The van der Waals surface area contributed by atoms with Gasteiger partial charge in [0, 0.05) is 11.4 Å². The SMILES string of the molecule is COC(=O)CCC(=O)c1c(C)c(Cl)cc(C)c1OC. The van der Waals surface area contributed by atoms with Crippen LogP contribution in [0.2, 0.25) is 5.02 Å². The van der Waals surface area contributed by atoms with Crippen molar-refractivity contribution in [3.05, 3.63) is 27.8 Å². The fourth-order valence-electron chi connectivity index (χ4n) is 1.89. The predicted octanol–water partition coefficient (Wildman–Crippen LogP) is 3.10. The van der Waals surface area contributed by atoms with Crippen LogP contribution in [0.4, 0.5) is 0 Å². The van der Waals surface area contributed by atoms with Gasteiger partial charge in [-0.05, 0) is 31.0 Å². The average molecular weight is 285 g/mol. The lowest BCUT2D eigenvalue weighted by Crippen LogP contribution is -2.10. The summed E-state index contributed by atoms with van der Waals surface area (Å²) in [5.41, 5.74) is 1.90. The molecule has 1 rings (SSSR count). The van der Waals surface area contributed by atoms with Gasteiger partial charge in [-0.1, -0.05) is 11.6 Å². The lowest BCUT2D eigenvalue weighted by Gasteiger charge is -2.14. The number of aryl methyl sites for hydroxylation is 1. The molecule has 0 aliphatic carbocycles. The third-order valence-corrected chi connectivity index (χ3v) is 3.32. The Morgan fingerprint density at radius 3 is 2.37 bits per heavy atom. The number of esters is 1. The highest BCUT2D eigenvalue weighted by Crippen LogP contribution is 2.33. The molecule has 0 atom stereocenters. The van der Waals surface area contributed by atoms with Crippen LogP contribution in [0.15, 0.2) is 6.07 Å². The van der Waals surface area contributed by atoms with Gasteiger partial charge in [-0.3, -0.25) is 9.59 Å². The summed E-state index contributed by atoms with van der Waals surface area (Å²) in [4.78, 5) is 23.3. The summed E-state index contributed by atoms with van der Waals surface area (Å²) in [5.74, 6) is -0.0779. The van der Waals surface area contributed by atoms with E-state index < -0.39 is 5.97 Å². The van der Waals surface area contributed by atoms with Gasteiger partial charge in [0.05, 0.1) is 26.2 Å². The molecule has 1 aromatic rings. The minimum absolute atomic E-state index is 0.0451. The molecule has 4 nitrogen and oxygen atoms in total. The Hall–Kier alpha value is -1.55. The van der Waals surface area contributed by atoms with Crippen molar-refractivity contribution in [1.82, 2.24) is 0 Å². The zero-order chi connectivity index (χ0) is 14.6. The summed E-state index contributed by atoms with van der Waals surface area (Å²) in [6.45, 7) is 3.58. The monoisotopic (exact) mass is 284 g/mol. The molecule has 0 aliphatic rings. The molecule has 0 aromatic heterocycles. The van der Waals surface area contributed by atoms with Gasteiger partial charge < -0.3 is 9.47 Å². The first kappa shape index (κ1) is 15.5. The Kier molecular flexibility index (Phi) is 5.36. The van der Waals surface area contributed by atoms with E-state index in [4.69, 9.17) is 16.3 Å². The van der Waals surface area contributed by atoms with Gasteiger partial charge in [0.2, 0.25) is 0 Å². The summed E-state index contributed by atoms with van der Waals surface area (Å²) >= 11 is 6.08. The topological polar surface area (TPSA) is 52.6 Å². The fraction of sp³-hybridized carbons (Fsp3) is 0.429. The van der Waals surface area contributed by atoms with Crippen LogP contribution >= 0.6 is 11.6 Å². The van der Waals surface area contributed by atoms with E-state index >= 15 is 0 Å². The minimum atomic E-state index is -0.413. The molecule has 0 N–H and O–H groups in total. The average Bonchev–Trinajstić information content (AvgIpc) is 2.39. The van der Waals surface area contributed by atoms with E-state index in [0.29, 0.717) is 21.9 Å². The van der Waals surface area contributed by atoms with Gasteiger partial charge in [-0.25, -0.2) is 0 Å². The van der Waals surface area contributed by atoms with Gasteiger partial charge in [0.25, 0.3) is 0 Å². The normalized spacial score (nSPS) is 10.2. The molecule has 19 heavy (non-hydrogen) atoms. The number of carbonyl (C=O) groups is 2.